The van der Waals surface area contributed by atoms with Crippen LogP contribution in [0, 0.1) is 5.82 Å². The van der Waals surface area contributed by atoms with Gasteiger partial charge in [-0.05, 0) is 40.0 Å². The normalized spacial score (nSPS) is 12.2. The Hall–Kier alpha value is -1.69. The van der Waals surface area contributed by atoms with Crippen molar-refractivity contribution in [2.75, 3.05) is 0 Å². The molecule has 1 amide bonds. The third-order valence-electron chi connectivity index (χ3n) is 2.96. The van der Waals surface area contributed by atoms with Crippen LogP contribution in [0.3, 0.4) is 0 Å². The van der Waals surface area contributed by atoms with Crippen LogP contribution in [0.5, 0.6) is 0 Å². The Labute approximate surface area is 125 Å². The van der Waals surface area contributed by atoms with E-state index in [0.29, 0.717) is 13.0 Å². The van der Waals surface area contributed by atoms with Crippen LogP contribution in [-0.2, 0) is 11.3 Å². The number of amides is 1. The molecule has 0 aliphatic rings. The number of rotatable bonds is 5. The van der Waals surface area contributed by atoms with E-state index in [0.717, 1.165) is 10.0 Å². The fourth-order valence-corrected chi connectivity index (χ4v) is 2.19. The Balaban J connectivity index is 1.97. The minimum Gasteiger partial charge on any atom is -0.350 e. The van der Waals surface area contributed by atoms with Gasteiger partial charge in [-0.25, -0.2) is 4.39 Å². The van der Waals surface area contributed by atoms with Crippen LogP contribution in [0.25, 0.3) is 0 Å². The van der Waals surface area contributed by atoms with Gasteiger partial charge < -0.3 is 5.32 Å². The van der Waals surface area contributed by atoms with Gasteiger partial charge in [0.25, 0.3) is 0 Å². The summed E-state index contributed by atoms with van der Waals surface area (Å²) in [7, 11) is 0. The summed E-state index contributed by atoms with van der Waals surface area (Å²) in [4.78, 5) is 12.2. The lowest BCUT2D eigenvalue weighted by Crippen LogP contribution is -2.32. The van der Waals surface area contributed by atoms with E-state index in [1.165, 1.54) is 12.1 Å². The number of nitrogens with zero attached hydrogens (tertiary/aromatic N) is 2. The highest BCUT2D eigenvalue weighted by Gasteiger charge is 2.18. The molecule has 0 saturated heterocycles. The van der Waals surface area contributed by atoms with Crippen molar-refractivity contribution in [1.29, 1.82) is 0 Å². The third kappa shape index (κ3) is 3.66. The van der Waals surface area contributed by atoms with Crippen LogP contribution in [0.2, 0.25) is 0 Å². The largest absolute Gasteiger partial charge is 0.350 e. The maximum atomic E-state index is 12.8. The lowest BCUT2D eigenvalue weighted by atomic mass is 10.2. The summed E-state index contributed by atoms with van der Waals surface area (Å²) >= 11 is 3.31. The zero-order chi connectivity index (χ0) is 14.5. The van der Waals surface area contributed by atoms with E-state index < -0.39 is 0 Å². The number of hydrogen-bond acceptors (Lipinski definition) is 2. The Kier molecular flexibility index (Phi) is 4.89. The Bertz CT molecular complexity index is 582. The van der Waals surface area contributed by atoms with Gasteiger partial charge >= 0.3 is 0 Å². The first-order valence-corrected chi connectivity index (χ1v) is 7.11. The second kappa shape index (κ2) is 6.65. The van der Waals surface area contributed by atoms with Gasteiger partial charge in [0.15, 0.2) is 0 Å². The first-order chi connectivity index (χ1) is 9.60. The monoisotopic (exact) mass is 339 g/mol. The summed E-state index contributed by atoms with van der Waals surface area (Å²) in [5, 5.41) is 6.97. The van der Waals surface area contributed by atoms with Crippen molar-refractivity contribution in [3.63, 3.8) is 0 Å². The molecule has 2 rings (SSSR count). The molecule has 1 aromatic carbocycles. The molecule has 0 fully saturated rings. The maximum absolute atomic E-state index is 12.8. The molecule has 1 N–H and O–H groups in total. The van der Waals surface area contributed by atoms with Gasteiger partial charge in [0, 0.05) is 12.7 Å². The standard InChI is InChI=1S/C14H15BrFN3O/c1-2-13(19-9-11(15)8-18-19)14(20)17-7-10-3-5-12(16)6-4-10/h3-6,8-9,13H,2,7H2,1H3,(H,17,20). The van der Waals surface area contributed by atoms with Gasteiger partial charge in [-0.2, -0.15) is 5.10 Å². The van der Waals surface area contributed by atoms with Crippen molar-refractivity contribution in [3.8, 4) is 0 Å². The van der Waals surface area contributed by atoms with Crippen molar-refractivity contribution in [3.05, 3.63) is 52.5 Å². The molecule has 0 radical (unpaired) electrons. The predicted molar refractivity (Wildman–Crippen MR) is 77.5 cm³/mol. The molecule has 2 aromatic rings. The first kappa shape index (κ1) is 14.7. The number of carbonyl (C=O) groups excluding carboxylic acids is 1. The molecule has 0 aliphatic heterocycles. The molecule has 0 bridgehead atoms. The molecule has 0 spiro atoms. The average Bonchev–Trinajstić information content (AvgIpc) is 2.85. The molecule has 1 heterocycles. The zero-order valence-corrected chi connectivity index (χ0v) is 12.6. The van der Waals surface area contributed by atoms with Crippen molar-refractivity contribution in [1.82, 2.24) is 15.1 Å². The van der Waals surface area contributed by atoms with Crippen LogP contribution in [0.4, 0.5) is 4.39 Å². The van der Waals surface area contributed by atoms with E-state index in [2.05, 4.69) is 26.3 Å². The van der Waals surface area contributed by atoms with Crippen LogP contribution < -0.4 is 5.32 Å². The van der Waals surface area contributed by atoms with Crippen LogP contribution in [-0.4, -0.2) is 15.7 Å². The molecule has 1 aromatic heterocycles. The lowest BCUT2D eigenvalue weighted by Gasteiger charge is -2.15. The Morgan fingerprint density at radius 1 is 1.45 bits per heavy atom. The highest BCUT2D eigenvalue weighted by atomic mass is 79.9. The number of hydrogen-bond donors (Lipinski definition) is 1. The first-order valence-electron chi connectivity index (χ1n) is 6.32. The van der Waals surface area contributed by atoms with Gasteiger partial charge in [0.05, 0.1) is 10.7 Å². The molecule has 1 atom stereocenters. The molecule has 0 saturated carbocycles. The molecule has 106 valence electrons. The molecule has 20 heavy (non-hydrogen) atoms. The van der Waals surface area contributed by atoms with E-state index in [4.69, 9.17) is 0 Å². The summed E-state index contributed by atoms with van der Waals surface area (Å²) in [6, 6.07) is 5.72. The minimum atomic E-state index is -0.346. The molecule has 1 unspecified atom stereocenters. The van der Waals surface area contributed by atoms with Crippen molar-refractivity contribution < 1.29 is 9.18 Å². The summed E-state index contributed by atoms with van der Waals surface area (Å²) in [6.07, 6.45) is 4.06. The smallest absolute Gasteiger partial charge is 0.245 e. The quantitative estimate of drug-likeness (QED) is 0.909. The van der Waals surface area contributed by atoms with Crippen LogP contribution in [0.1, 0.15) is 24.9 Å². The number of aromatic nitrogens is 2. The lowest BCUT2D eigenvalue weighted by molar-refractivity contribution is -0.124. The number of carbonyl (C=O) groups is 1. The number of nitrogens with one attached hydrogen (secondary N) is 1. The second-order valence-corrected chi connectivity index (χ2v) is 5.32. The second-order valence-electron chi connectivity index (χ2n) is 4.41. The maximum Gasteiger partial charge on any atom is 0.245 e. The van der Waals surface area contributed by atoms with E-state index in [1.807, 2.05) is 6.92 Å². The summed E-state index contributed by atoms with van der Waals surface area (Å²) in [5.41, 5.74) is 0.858. The molecular formula is C14H15BrFN3O. The SMILES string of the molecule is CCC(C(=O)NCc1ccc(F)cc1)n1cc(Br)cn1. The summed E-state index contributed by atoms with van der Waals surface area (Å²) < 4.78 is 15.3. The Morgan fingerprint density at radius 2 is 2.15 bits per heavy atom. The van der Waals surface area contributed by atoms with E-state index in [9.17, 15) is 9.18 Å². The van der Waals surface area contributed by atoms with Gasteiger partial charge in [0.2, 0.25) is 5.91 Å². The Morgan fingerprint density at radius 3 is 2.70 bits per heavy atom. The fraction of sp³-hybridized carbons (Fsp3) is 0.286. The third-order valence-corrected chi connectivity index (χ3v) is 3.37. The van der Waals surface area contributed by atoms with Crippen LogP contribution in [0.15, 0.2) is 41.1 Å². The fourth-order valence-electron chi connectivity index (χ4n) is 1.89. The zero-order valence-electron chi connectivity index (χ0n) is 11.0. The summed E-state index contributed by atoms with van der Waals surface area (Å²) in [6.45, 7) is 2.30. The van der Waals surface area contributed by atoms with E-state index >= 15 is 0 Å². The molecular weight excluding hydrogens is 325 g/mol. The van der Waals surface area contributed by atoms with Gasteiger partial charge in [0.1, 0.15) is 11.9 Å². The van der Waals surface area contributed by atoms with Crippen molar-refractivity contribution in [2.45, 2.75) is 25.9 Å². The molecule has 0 aliphatic carbocycles. The predicted octanol–water partition coefficient (Wildman–Crippen LogP) is 3.05. The highest BCUT2D eigenvalue weighted by molar-refractivity contribution is 9.10. The van der Waals surface area contributed by atoms with Crippen LogP contribution >= 0.6 is 15.9 Å². The van der Waals surface area contributed by atoms with Gasteiger partial charge in [-0.1, -0.05) is 19.1 Å². The number of benzene rings is 1. The molecule has 6 heteroatoms. The molecule has 4 nitrogen and oxygen atoms in total. The van der Waals surface area contributed by atoms with E-state index in [-0.39, 0.29) is 17.8 Å². The van der Waals surface area contributed by atoms with Crippen molar-refractivity contribution >= 4 is 21.8 Å². The van der Waals surface area contributed by atoms with E-state index in [1.54, 1.807) is 29.2 Å². The topological polar surface area (TPSA) is 46.9 Å². The number of halogens is 2. The average molecular weight is 340 g/mol. The van der Waals surface area contributed by atoms with Gasteiger partial charge in [-0.15, -0.1) is 0 Å². The minimum absolute atomic E-state index is 0.104. The highest BCUT2D eigenvalue weighted by Crippen LogP contribution is 2.15. The summed E-state index contributed by atoms with van der Waals surface area (Å²) in [5.74, 6) is -0.389. The van der Waals surface area contributed by atoms with Gasteiger partial charge in [-0.3, -0.25) is 9.48 Å². The van der Waals surface area contributed by atoms with Crippen molar-refractivity contribution in [2.24, 2.45) is 0 Å².